The Morgan fingerprint density at radius 2 is 2.00 bits per heavy atom. The molecule has 0 aliphatic carbocycles. The van der Waals surface area contributed by atoms with Crippen LogP contribution in [0.3, 0.4) is 0 Å². The van der Waals surface area contributed by atoms with E-state index in [4.69, 9.17) is 0 Å². The van der Waals surface area contributed by atoms with Crippen LogP contribution in [0.25, 0.3) is 0 Å². The quantitative estimate of drug-likeness (QED) is 0.614. The summed E-state index contributed by atoms with van der Waals surface area (Å²) in [4.78, 5) is 2.50. The van der Waals surface area contributed by atoms with Crippen molar-refractivity contribution in [3.05, 3.63) is 41.8 Å². The summed E-state index contributed by atoms with van der Waals surface area (Å²) in [6.45, 7) is 6.05. The molecule has 0 amide bonds. The van der Waals surface area contributed by atoms with Crippen LogP contribution in [0, 0.1) is 0 Å². The third-order valence-corrected chi connectivity index (χ3v) is 2.48. The van der Waals surface area contributed by atoms with E-state index in [1.807, 2.05) is 18.2 Å². The zero-order valence-corrected chi connectivity index (χ0v) is 7.53. The maximum absolute atomic E-state index is 3.93. The Morgan fingerprint density at radius 1 is 1.36 bits per heavy atom. The lowest BCUT2D eigenvalue weighted by atomic mass is 10.4. The molecular formula is C10H12S. The van der Waals surface area contributed by atoms with Crippen molar-refractivity contribution in [2.24, 2.45) is 0 Å². The van der Waals surface area contributed by atoms with Crippen LogP contribution in [0.1, 0.15) is 13.3 Å². The molecule has 0 aliphatic rings. The number of hydrogen-bond acceptors (Lipinski definition) is 1. The van der Waals surface area contributed by atoms with E-state index in [1.54, 1.807) is 11.8 Å². The highest BCUT2D eigenvalue weighted by Crippen LogP contribution is 2.26. The summed E-state index contributed by atoms with van der Waals surface area (Å²) >= 11 is 1.75. The van der Waals surface area contributed by atoms with Gasteiger partial charge in [0.15, 0.2) is 0 Å². The zero-order chi connectivity index (χ0) is 8.10. The Balaban J connectivity index is 2.58. The second-order valence-electron chi connectivity index (χ2n) is 2.31. The summed E-state index contributed by atoms with van der Waals surface area (Å²) in [6.07, 6.45) is 1.04. The van der Waals surface area contributed by atoms with E-state index >= 15 is 0 Å². The van der Waals surface area contributed by atoms with Crippen LogP contribution in [-0.4, -0.2) is 0 Å². The van der Waals surface area contributed by atoms with Crippen molar-refractivity contribution in [3.63, 3.8) is 0 Å². The van der Waals surface area contributed by atoms with Crippen molar-refractivity contribution in [2.75, 3.05) is 0 Å². The van der Waals surface area contributed by atoms with Crippen LogP contribution < -0.4 is 0 Å². The highest BCUT2D eigenvalue weighted by molar-refractivity contribution is 8.03. The number of hydrogen-bond donors (Lipinski definition) is 0. The summed E-state index contributed by atoms with van der Waals surface area (Å²) in [5, 5.41) is 0. The van der Waals surface area contributed by atoms with E-state index in [9.17, 15) is 0 Å². The van der Waals surface area contributed by atoms with E-state index in [1.165, 1.54) is 9.80 Å². The van der Waals surface area contributed by atoms with Crippen LogP contribution in [0.2, 0.25) is 0 Å². The maximum Gasteiger partial charge on any atom is 0.0118 e. The molecule has 0 unspecified atom stereocenters. The zero-order valence-electron chi connectivity index (χ0n) is 6.71. The van der Waals surface area contributed by atoms with Gasteiger partial charge in [-0.25, -0.2) is 0 Å². The van der Waals surface area contributed by atoms with Gasteiger partial charge in [-0.05, 0) is 23.5 Å². The van der Waals surface area contributed by atoms with E-state index < -0.39 is 0 Å². The van der Waals surface area contributed by atoms with Gasteiger partial charge in [-0.15, -0.1) is 0 Å². The molecule has 0 atom stereocenters. The normalized spacial score (nSPS) is 9.55. The molecule has 58 valence electrons. The smallest absolute Gasteiger partial charge is 0.0118 e. The van der Waals surface area contributed by atoms with Gasteiger partial charge in [-0.3, -0.25) is 0 Å². The predicted octanol–water partition coefficient (Wildman–Crippen LogP) is 3.70. The number of allylic oxidation sites excluding steroid dienone is 1. The van der Waals surface area contributed by atoms with Gasteiger partial charge in [0, 0.05) is 4.90 Å². The van der Waals surface area contributed by atoms with Gasteiger partial charge in [0.05, 0.1) is 0 Å². The molecule has 1 aromatic carbocycles. The minimum atomic E-state index is 1.04. The monoisotopic (exact) mass is 164 g/mol. The van der Waals surface area contributed by atoms with Crippen molar-refractivity contribution in [1.82, 2.24) is 0 Å². The van der Waals surface area contributed by atoms with Crippen LogP contribution in [-0.2, 0) is 0 Å². The average Bonchev–Trinajstić information content (AvgIpc) is 2.06. The Kier molecular flexibility index (Phi) is 3.24. The summed E-state index contributed by atoms with van der Waals surface area (Å²) in [6, 6.07) is 10.3. The molecule has 0 spiro atoms. The van der Waals surface area contributed by atoms with Gasteiger partial charge in [-0.2, -0.15) is 0 Å². The summed E-state index contributed by atoms with van der Waals surface area (Å²) in [7, 11) is 0. The molecular weight excluding hydrogens is 152 g/mol. The van der Waals surface area contributed by atoms with Crippen molar-refractivity contribution in [3.8, 4) is 0 Å². The molecule has 0 aliphatic heterocycles. The van der Waals surface area contributed by atoms with Crippen LogP contribution in [0.5, 0.6) is 0 Å². The molecule has 0 fully saturated rings. The van der Waals surface area contributed by atoms with Crippen molar-refractivity contribution >= 4 is 11.8 Å². The third-order valence-electron chi connectivity index (χ3n) is 1.40. The molecule has 0 saturated heterocycles. The Bertz CT molecular complexity index is 226. The van der Waals surface area contributed by atoms with Gasteiger partial charge in [-0.1, -0.05) is 43.5 Å². The lowest BCUT2D eigenvalue weighted by molar-refractivity contribution is 1.20. The second-order valence-corrected chi connectivity index (χ2v) is 3.56. The first-order valence-electron chi connectivity index (χ1n) is 3.73. The molecule has 0 aromatic heterocycles. The fourth-order valence-electron chi connectivity index (χ4n) is 0.727. The fourth-order valence-corrected chi connectivity index (χ4v) is 1.50. The van der Waals surface area contributed by atoms with E-state index in [0.717, 1.165) is 6.42 Å². The Hall–Kier alpha value is -0.690. The SMILES string of the molecule is C=C(CC)Sc1ccccc1. The van der Waals surface area contributed by atoms with Crippen LogP contribution in [0.4, 0.5) is 0 Å². The van der Waals surface area contributed by atoms with E-state index in [2.05, 4.69) is 25.6 Å². The summed E-state index contributed by atoms with van der Waals surface area (Å²) in [5.74, 6) is 0. The fraction of sp³-hybridized carbons (Fsp3) is 0.200. The Morgan fingerprint density at radius 3 is 2.55 bits per heavy atom. The second kappa shape index (κ2) is 4.24. The average molecular weight is 164 g/mol. The third kappa shape index (κ3) is 2.81. The minimum absolute atomic E-state index is 1.04. The van der Waals surface area contributed by atoms with Crippen molar-refractivity contribution in [1.29, 1.82) is 0 Å². The first-order chi connectivity index (χ1) is 5.33. The maximum atomic E-state index is 3.93. The van der Waals surface area contributed by atoms with Crippen molar-refractivity contribution in [2.45, 2.75) is 18.2 Å². The largest absolute Gasteiger partial charge is 0.0952 e. The Labute approximate surface area is 72.3 Å². The number of thioether (sulfide) groups is 1. The highest BCUT2D eigenvalue weighted by atomic mass is 32.2. The minimum Gasteiger partial charge on any atom is -0.0952 e. The van der Waals surface area contributed by atoms with Crippen LogP contribution in [0.15, 0.2) is 46.7 Å². The van der Waals surface area contributed by atoms with Gasteiger partial charge >= 0.3 is 0 Å². The first kappa shape index (κ1) is 8.41. The van der Waals surface area contributed by atoms with Gasteiger partial charge < -0.3 is 0 Å². The van der Waals surface area contributed by atoms with Gasteiger partial charge in [0.1, 0.15) is 0 Å². The molecule has 0 bridgehead atoms. The molecule has 0 saturated carbocycles. The highest BCUT2D eigenvalue weighted by Gasteiger charge is 1.93. The molecule has 0 N–H and O–H groups in total. The number of rotatable bonds is 3. The molecule has 1 aromatic rings. The lowest BCUT2D eigenvalue weighted by Crippen LogP contribution is -1.71. The number of benzene rings is 1. The molecule has 1 rings (SSSR count). The van der Waals surface area contributed by atoms with Gasteiger partial charge in [0.2, 0.25) is 0 Å². The molecule has 0 heterocycles. The standard InChI is InChI=1S/C10H12S/c1-3-9(2)11-10-7-5-4-6-8-10/h4-8H,2-3H2,1H3. The lowest BCUT2D eigenvalue weighted by Gasteiger charge is -2.00. The molecule has 0 radical (unpaired) electrons. The van der Waals surface area contributed by atoms with Crippen molar-refractivity contribution < 1.29 is 0 Å². The van der Waals surface area contributed by atoms with E-state index in [0.29, 0.717) is 0 Å². The molecule has 1 heteroatoms. The van der Waals surface area contributed by atoms with E-state index in [-0.39, 0.29) is 0 Å². The first-order valence-corrected chi connectivity index (χ1v) is 4.55. The molecule has 0 nitrogen and oxygen atoms in total. The molecule has 11 heavy (non-hydrogen) atoms. The van der Waals surface area contributed by atoms with Gasteiger partial charge in [0.25, 0.3) is 0 Å². The summed E-state index contributed by atoms with van der Waals surface area (Å²) < 4.78 is 0. The summed E-state index contributed by atoms with van der Waals surface area (Å²) in [5.41, 5.74) is 0. The topological polar surface area (TPSA) is 0 Å². The predicted molar refractivity (Wildman–Crippen MR) is 51.7 cm³/mol. The van der Waals surface area contributed by atoms with Crippen LogP contribution >= 0.6 is 11.8 Å².